The Bertz CT molecular complexity index is 566. The van der Waals surface area contributed by atoms with Crippen molar-refractivity contribution in [3.05, 3.63) is 58.3 Å². The lowest BCUT2D eigenvalue weighted by Gasteiger charge is -2.17. The van der Waals surface area contributed by atoms with Crippen molar-refractivity contribution < 1.29 is 4.79 Å². The molecule has 0 bridgehead atoms. The van der Waals surface area contributed by atoms with E-state index in [1.165, 1.54) is 0 Å². The van der Waals surface area contributed by atoms with Crippen LogP contribution in [0.5, 0.6) is 0 Å². The third-order valence-corrected chi connectivity index (χ3v) is 3.10. The summed E-state index contributed by atoms with van der Waals surface area (Å²) in [6.07, 6.45) is 1.71. The third-order valence-electron chi connectivity index (χ3n) is 2.64. The summed E-state index contributed by atoms with van der Waals surface area (Å²) in [6.45, 7) is 0.464. The predicted octanol–water partition coefficient (Wildman–Crippen LogP) is 2.70. The molecule has 98 valence electrons. The topological polar surface area (TPSA) is 59.2 Å². The highest BCUT2D eigenvalue weighted by molar-refractivity contribution is 9.10. The van der Waals surface area contributed by atoms with E-state index in [2.05, 4.69) is 20.9 Å². The van der Waals surface area contributed by atoms with Crippen molar-refractivity contribution in [2.45, 2.75) is 6.54 Å². The van der Waals surface area contributed by atoms with Gasteiger partial charge in [0.05, 0.1) is 12.2 Å². The normalized spacial score (nSPS) is 10.2. The van der Waals surface area contributed by atoms with Gasteiger partial charge in [0.15, 0.2) is 0 Å². The number of rotatable bonds is 3. The van der Waals surface area contributed by atoms with E-state index in [0.29, 0.717) is 17.8 Å². The minimum Gasteiger partial charge on any atom is -0.399 e. The van der Waals surface area contributed by atoms with Crippen LogP contribution in [0.3, 0.4) is 0 Å². The van der Waals surface area contributed by atoms with Crippen LogP contribution in [0.2, 0.25) is 0 Å². The van der Waals surface area contributed by atoms with Gasteiger partial charge in [0.25, 0.3) is 5.91 Å². The van der Waals surface area contributed by atoms with Crippen LogP contribution < -0.4 is 5.73 Å². The molecule has 2 rings (SSSR count). The Morgan fingerprint density at radius 3 is 2.79 bits per heavy atom. The fourth-order valence-electron chi connectivity index (χ4n) is 1.76. The van der Waals surface area contributed by atoms with Crippen molar-refractivity contribution in [3.63, 3.8) is 0 Å². The van der Waals surface area contributed by atoms with Crippen LogP contribution in [-0.2, 0) is 6.54 Å². The number of carbonyl (C=O) groups is 1. The zero-order chi connectivity index (χ0) is 13.8. The number of benzene rings is 1. The lowest BCUT2D eigenvalue weighted by atomic mass is 10.2. The molecule has 1 aromatic carbocycles. The lowest BCUT2D eigenvalue weighted by Crippen LogP contribution is -2.26. The Balaban J connectivity index is 2.15. The molecule has 0 saturated carbocycles. The molecule has 0 aliphatic rings. The molecule has 2 aromatic rings. The smallest absolute Gasteiger partial charge is 0.254 e. The molecule has 4 nitrogen and oxygen atoms in total. The molecule has 2 N–H and O–H groups in total. The number of halogens is 1. The van der Waals surface area contributed by atoms with Gasteiger partial charge >= 0.3 is 0 Å². The van der Waals surface area contributed by atoms with Gasteiger partial charge in [-0.3, -0.25) is 9.78 Å². The fraction of sp³-hybridized carbons (Fsp3) is 0.143. The van der Waals surface area contributed by atoms with Crippen molar-refractivity contribution in [1.82, 2.24) is 9.88 Å². The average Bonchev–Trinajstić information content (AvgIpc) is 2.37. The van der Waals surface area contributed by atoms with Crippen LogP contribution in [0, 0.1) is 0 Å². The van der Waals surface area contributed by atoms with Crippen molar-refractivity contribution in [2.24, 2.45) is 0 Å². The SMILES string of the molecule is CN(Cc1ccccn1)C(=O)c1cc(N)cc(Br)c1. The summed E-state index contributed by atoms with van der Waals surface area (Å²) in [5.41, 5.74) is 7.70. The first-order valence-electron chi connectivity index (χ1n) is 5.77. The number of anilines is 1. The summed E-state index contributed by atoms with van der Waals surface area (Å²) in [7, 11) is 1.74. The molecule has 0 atom stereocenters. The molecule has 0 radical (unpaired) electrons. The second-order valence-electron chi connectivity index (χ2n) is 4.26. The van der Waals surface area contributed by atoms with E-state index in [9.17, 15) is 4.79 Å². The van der Waals surface area contributed by atoms with Crippen molar-refractivity contribution in [2.75, 3.05) is 12.8 Å². The molecule has 0 unspecified atom stereocenters. The Morgan fingerprint density at radius 2 is 2.16 bits per heavy atom. The van der Waals surface area contributed by atoms with E-state index in [4.69, 9.17) is 5.73 Å². The summed E-state index contributed by atoms with van der Waals surface area (Å²) in [4.78, 5) is 18.1. The summed E-state index contributed by atoms with van der Waals surface area (Å²) in [5, 5.41) is 0. The zero-order valence-corrected chi connectivity index (χ0v) is 12.1. The monoisotopic (exact) mass is 319 g/mol. The molecule has 0 spiro atoms. The summed E-state index contributed by atoms with van der Waals surface area (Å²) in [5.74, 6) is -0.0846. The lowest BCUT2D eigenvalue weighted by molar-refractivity contribution is 0.0783. The van der Waals surface area contributed by atoms with Crippen LogP contribution >= 0.6 is 15.9 Å². The van der Waals surface area contributed by atoms with E-state index in [-0.39, 0.29) is 5.91 Å². The number of carbonyl (C=O) groups excluding carboxylic acids is 1. The number of aromatic nitrogens is 1. The molecule has 0 aliphatic heterocycles. The van der Waals surface area contributed by atoms with Crippen LogP contribution in [-0.4, -0.2) is 22.8 Å². The second kappa shape index (κ2) is 5.84. The number of amides is 1. The highest BCUT2D eigenvalue weighted by Gasteiger charge is 2.13. The third kappa shape index (κ3) is 3.54. The van der Waals surface area contributed by atoms with Crippen LogP contribution in [0.15, 0.2) is 47.1 Å². The minimum absolute atomic E-state index is 0.0846. The van der Waals surface area contributed by atoms with Gasteiger partial charge in [-0.05, 0) is 30.3 Å². The van der Waals surface area contributed by atoms with E-state index in [1.807, 2.05) is 18.2 Å². The van der Waals surface area contributed by atoms with Gasteiger partial charge in [-0.2, -0.15) is 0 Å². The quantitative estimate of drug-likeness (QED) is 0.885. The van der Waals surface area contributed by atoms with E-state index in [1.54, 1.807) is 36.3 Å². The highest BCUT2D eigenvalue weighted by Crippen LogP contribution is 2.18. The van der Waals surface area contributed by atoms with Gasteiger partial charge in [0.1, 0.15) is 0 Å². The highest BCUT2D eigenvalue weighted by atomic mass is 79.9. The van der Waals surface area contributed by atoms with Gasteiger partial charge in [0.2, 0.25) is 0 Å². The maximum absolute atomic E-state index is 12.3. The minimum atomic E-state index is -0.0846. The van der Waals surface area contributed by atoms with Gasteiger partial charge in [-0.15, -0.1) is 0 Å². The molecule has 0 fully saturated rings. The van der Waals surface area contributed by atoms with E-state index in [0.717, 1.165) is 10.2 Å². The first-order valence-corrected chi connectivity index (χ1v) is 6.57. The zero-order valence-electron chi connectivity index (χ0n) is 10.5. The number of nitrogen functional groups attached to an aromatic ring is 1. The molecular formula is C14H14BrN3O. The van der Waals surface area contributed by atoms with Crippen LogP contribution in [0.4, 0.5) is 5.69 Å². The predicted molar refractivity (Wildman–Crippen MR) is 78.6 cm³/mol. The summed E-state index contributed by atoms with van der Waals surface area (Å²) < 4.78 is 0.794. The average molecular weight is 320 g/mol. The standard InChI is InChI=1S/C14H14BrN3O/c1-18(9-13-4-2-3-5-17-13)14(19)10-6-11(15)8-12(16)7-10/h2-8H,9,16H2,1H3. The van der Waals surface area contributed by atoms with Crippen molar-refractivity contribution >= 4 is 27.5 Å². The maximum atomic E-state index is 12.3. The molecule has 0 aliphatic carbocycles. The second-order valence-corrected chi connectivity index (χ2v) is 5.17. The van der Waals surface area contributed by atoms with Crippen molar-refractivity contribution in [1.29, 1.82) is 0 Å². The Labute approximate surface area is 120 Å². The molecule has 1 amide bonds. The van der Waals surface area contributed by atoms with Crippen molar-refractivity contribution in [3.8, 4) is 0 Å². The molecule has 19 heavy (non-hydrogen) atoms. The number of hydrogen-bond acceptors (Lipinski definition) is 3. The Morgan fingerprint density at radius 1 is 1.37 bits per heavy atom. The molecule has 1 heterocycles. The van der Waals surface area contributed by atoms with E-state index >= 15 is 0 Å². The van der Waals surface area contributed by atoms with Gasteiger partial charge in [-0.1, -0.05) is 22.0 Å². The van der Waals surface area contributed by atoms with Crippen LogP contribution in [0.1, 0.15) is 16.1 Å². The number of hydrogen-bond donors (Lipinski definition) is 1. The summed E-state index contributed by atoms with van der Waals surface area (Å²) >= 11 is 3.33. The molecule has 0 saturated heterocycles. The van der Waals surface area contributed by atoms with Crippen LogP contribution in [0.25, 0.3) is 0 Å². The number of nitrogens with two attached hydrogens (primary N) is 1. The Kier molecular flexibility index (Phi) is 4.16. The fourth-order valence-corrected chi connectivity index (χ4v) is 2.27. The summed E-state index contributed by atoms with van der Waals surface area (Å²) in [6, 6.07) is 10.8. The van der Waals surface area contributed by atoms with Gasteiger partial charge in [0, 0.05) is 29.0 Å². The number of nitrogens with zero attached hydrogens (tertiary/aromatic N) is 2. The maximum Gasteiger partial charge on any atom is 0.254 e. The first-order chi connectivity index (χ1) is 9.06. The first kappa shape index (κ1) is 13.5. The van der Waals surface area contributed by atoms with Gasteiger partial charge in [-0.25, -0.2) is 0 Å². The largest absolute Gasteiger partial charge is 0.399 e. The molecule has 1 aromatic heterocycles. The molecular weight excluding hydrogens is 306 g/mol. The molecule has 5 heteroatoms. The van der Waals surface area contributed by atoms with Gasteiger partial charge < -0.3 is 10.6 Å². The van der Waals surface area contributed by atoms with E-state index < -0.39 is 0 Å². The Hall–Kier alpha value is -1.88. The number of pyridine rings is 1.